The molecule has 0 amide bonds. The predicted molar refractivity (Wildman–Crippen MR) is 66.5 cm³/mol. The van der Waals surface area contributed by atoms with Crippen LogP contribution in [-0.4, -0.2) is 19.2 Å². The molecular weight excluding hydrogens is 265 g/mol. The molecule has 4 nitrogen and oxygen atoms in total. The van der Waals surface area contributed by atoms with Crippen molar-refractivity contribution in [2.24, 2.45) is 5.73 Å². The Balaban J connectivity index is 2.79. The predicted octanol–water partition coefficient (Wildman–Crippen LogP) is 2.39. The first kappa shape index (κ1) is 14.1. The summed E-state index contributed by atoms with van der Waals surface area (Å²) in [5.41, 5.74) is 6.19. The lowest BCUT2D eigenvalue weighted by Crippen LogP contribution is -2.16. The van der Waals surface area contributed by atoms with E-state index in [9.17, 15) is 4.79 Å². The maximum absolute atomic E-state index is 11.1. The second-order valence-corrected chi connectivity index (χ2v) is 4.02. The van der Waals surface area contributed by atoms with Crippen molar-refractivity contribution in [2.75, 3.05) is 13.2 Å². The van der Waals surface area contributed by atoms with Crippen LogP contribution in [0.15, 0.2) is 12.1 Å². The zero-order valence-corrected chi connectivity index (χ0v) is 10.8. The Morgan fingerprint density at radius 2 is 2.12 bits per heavy atom. The lowest BCUT2D eigenvalue weighted by atomic mass is 10.2. The minimum absolute atomic E-state index is 0.206. The third kappa shape index (κ3) is 4.07. The summed E-state index contributed by atoms with van der Waals surface area (Å²) in [4.78, 5) is 11.1. The summed E-state index contributed by atoms with van der Waals surface area (Å²) in [6.45, 7) is 2.04. The van der Waals surface area contributed by atoms with Gasteiger partial charge in [0.25, 0.3) is 0 Å². The first-order valence-corrected chi connectivity index (χ1v) is 5.80. The van der Waals surface area contributed by atoms with Crippen LogP contribution in [0.4, 0.5) is 0 Å². The maximum atomic E-state index is 11.1. The van der Waals surface area contributed by atoms with E-state index in [-0.39, 0.29) is 13.2 Å². The van der Waals surface area contributed by atoms with Crippen LogP contribution in [0.25, 0.3) is 0 Å². The molecule has 1 aromatic carbocycles. The minimum atomic E-state index is -0.457. The molecule has 0 unspecified atom stereocenters. The van der Waals surface area contributed by atoms with Crippen LogP contribution < -0.4 is 10.5 Å². The van der Waals surface area contributed by atoms with Gasteiger partial charge >= 0.3 is 5.97 Å². The summed E-state index contributed by atoms with van der Waals surface area (Å²) < 4.78 is 10.0. The molecule has 0 spiro atoms. The van der Waals surface area contributed by atoms with Crippen molar-refractivity contribution in [1.29, 1.82) is 0 Å². The van der Waals surface area contributed by atoms with Crippen LogP contribution in [0.1, 0.15) is 12.5 Å². The van der Waals surface area contributed by atoms with Crippen molar-refractivity contribution in [3.8, 4) is 5.75 Å². The quantitative estimate of drug-likeness (QED) is 0.840. The number of hydrogen-bond donors (Lipinski definition) is 1. The average Bonchev–Trinajstić information content (AvgIpc) is 2.27. The fourth-order valence-corrected chi connectivity index (χ4v) is 1.85. The molecule has 0 aromatic heterocycles. The van der Waals surface area contributed by atoms with E-state index in [0.717, 1.165) is 0 Å². The molecule has 0 heterocycles. The molecule has 0 aliphatic carbocycles. The molecule has 1 aromatic rings. The highest BCUT2D eigenvalue weighted by atomic mass is 35.5. The Bertz CT molecular complexity index is 410. The Morgan fingerprint density at radius 3 is 2.71 bits per heavy atom. The van der Waals surface area contributed by atoms with Crippen LogP contribution in [0.5, 0.6) is 5.75 Å². The SMILES string of the molecule is CCOC(=O)COc1c(Cl)cc(Cl)cc1CN. The molecule has 6 heteroatoms. The van der Waals surface area contributed by atoms with Gasteiger partial charge in [0.15, 0.2) is 6.61 Å². The van der Waals surface area contributed by atoms with Gasteiger partial charge in [-0.15, -0.1) is 0 Å². The second-order valence-electron chi connectivity index (χ2n) is 3.17. The van der Waals surface area contributed by atoms with Crippen molar-refractivity contribution in [3.05, 3.63) is 27.7 Å². The number of rotatable bonds is 5. The first-order chi connectivity index (χ1) is 8.08. The number of esters is 1. The van der Waals surface area contributed by atoms with E-state index >= 15 is 0 Å². The highest BCUT2D eigenvalue weighted by Gasteiger charge is 2.12. The van der Waals surface area contributed by atoms with Crippen LogP contribution in [-0.2, 0) is 16.1 Å². The number of hydrogen-bond acceptors (Lipinski definition) is 4. The zero-order chi connectivity index (χ0) is 12.8. The number of carbonyl (C=O) groups excluding carboxylic acids is 1. The minimum Gasteiger partial charge on any atom is -0.480 e. The summed E-state index contributed by atoms with van der Waals surface area (Å²) in [6.07, 6.45) is 0. The monoisotopic (exact) mass is 277 g/mol. The van der Waals surface area contributed by atoms with Gasteiger partial charge in [0.05, 0.1) is 11.6 Å². The van der Waals surface area contributed by atoms with Gasteiger partial charge in [-0.3, -0.25) is 0 Å². The standard InChI is InChI=1S/C11H13Cl2NO3/c1-2-16-10(15)6-17-11-7(5-14)3-8(12)4-9(11)13/h3-4H,2,5-6,14H2,1H3. The summed E-state index contributed by atoms with van der Waals surface area (Å²) in [6, 6.07) is 3.18. The van der Waals surface area contributed by atoms with E-state index in [2.05, 4.69) is 0 Å². The Morgan fingerprint density at radius 1 is 1.41 bits per heavy atom. The fraction of sp³-hybridized carbons (Fsp3) is 0.364. The topological polar surface area (TPSA) is 61.5 Å². The van der Waals surface area contributed by atoms with Crippen LogP contribution in [0.2, 0.25) is 10.0 Å². The number of ether oxygens (including phenoxy) is 2. The first-order valence-electron chi connectivity index (χ1n) is 5.04. The summed E-state index contributed by atoms with van der Waals surface area (Å²) in [7, 11) is 0. The fourth-order valence-electron chi connectivity index (χ4n) is 1.26. The van der Waals surface area contributed by atoms with Gasteiger partial charge in [0.2, 0.25) is 0 Å². The Kier molecular flexibility index (Phi) is 5.55. The van der Waals surface area contributed by atoms with Crippen molar-refractivity contribution in [2.45, 2.75) is 13.5 Å². The molecule has 0 bridgehead atoms. The van der Waals surface area contributed by atoms with E-state index in [4.69, 9.17) is 38.4 Å². The van der Waals surface area contributed by atoms with Gasteiger partial charge in [0, 0.05) is 17.1 Å². The molecule has 0 aliphatic heterocycles. The molecule has 0 saturated carbocycles. The second kappa shape index (κ2) is 6.69. The normalized spacial score (nSPS) is 10.1. The van der Waals surface area contributed by atoms with Crippen LogP contribution in [0.3, 0.4) is 0 Å². The lowest BCUT2D eigenvalue weighted by Gasteiger charge is -2.12. The molecule has 0 atom stereocenters. The van der Waals surface area contributed by atoms with Gasteiger partial charge in [0.1, 0.15) is 5.75 Å². The highest BCUT2D eigenvalue weighted by molar-refractivity contribution is 6.35. The Hall–Kier alpha value is -0.970. The molecule has 0 radical (unpaired) electrons. The van der Waals surface area contributed by atoms with Gasteiger partial charge in [-0.2, -0.15) is 0 Å². The van der Waals surface area contributed by atoms with Gasteiger partial charge < -0.3 is 15.2 Å². The van der Waals surface area contributed by atoms with Crippen molar-refractivity contribution in [3.63, 3.8) is 0 Å². The highest BCUT2D eigenvalue weighted by Crippen LogP contribution is 2.32. The maximum Gasteiger partial charge on any atom is 0.344 e. The van der Waals surface area contributed by atoms with E-state index in [1.54, 1.807) is 13.0 Å². The van der Waals surface area contributed by atoms with E-state index in [1.807, 2.05) is 0 Å². The largest absolute Gasteiger partial charge is 0.480 e. The average molecular weight is 278 g/mol. The summed E-state index contributed by atoms with van der Waals surface area (Å²) >= 11 is 11.8. The molecule has 0 aliphatic rings. The van der Waals surface area contributed by atoms with Crippen molar-refractivity contribution < 1.29 is 14.3 Å². The van der Waals surface area contributed by atoms with E-state index < -0.39 is 5.97 Å². The lowest BCUT2D eigenvalue weighted by molar-refractivity contribution is -0.145. The molecule has 0 saturated heterocycles. The van der Waals surface area contributed by atoms with Crippen LogP contribution >= 0.6 is 23.2 Å². The zero-order valence-electron chi connectivity index (χ0n) is 9.33. The van der Waals surface area contributed by atoms with Gasteiger partial charge in [-0.1, -0.05) is 23.2 Å². The van der Waals surface area contributed by atoms with E-state index in [1.165, 1.54) is 6.07 Å². The molecular formula is C11H13Cl2NO3. The summed E-state index contributed by atoms with van der Waals surface area (Å²) in [5.74, 6) is -0.0897. The van der Waals surface area contributed by atoms with Gasteiger partial charge in [-0.05, 0) is 19.1 Å². The smallest absolute Gasteiger partial charge is 0.344 e. The summed E-state index contributed by atoms with van der Waals surface area (Å²) in [5, 5.41) is 0.793. The molecule has 1 rings (SSSR count). The molecule has 2 N–H and O–H groups in total. The third-order valence-corrected chi connectivity index (χ3v) is 2.44. The number of nitrogens with two attached hydrogens (primary N) is 1. The van der Waals surface area contributed by atoms with E-state index in [0.29, 0.717) is 28.0 Å². The Labute approximate surface area is 110 Å². The number of halogens is 2. The molecule has 17 heavy (non-hydrogen) atoms. The van der Waals surface area contributed by atoms with Crippen molar-refractivity contribution >= 4 is 29.2 Å². The number of carbonyl (C=O) groups is 1. The van der Waals surface area contributed by atoms with Gasteiger partial charge in [-0.25, -0.2) is 4.79 Å². The number of benzene rings is 1. The molecule has 0 fully saturated rings. The molecule has 94 valence electrons. The third-order valence-electron chi connectivity index (χ3n) is 1.94. The van der Waals surface area contributed by atoms with Crippen molar-refractivity contribution in [1.82, 2.24) is 0 Å². The van der Waals surface area contributed by atoms with Crippen LogP contribution in [0, 0.1) is 0 Å².